The van der Waals surface area contributed by atoms with Crippen LogP contribution in [-0.4, -0.2) is 86.1 Å². The van der Waals surface area contributed by atoms with Gasteiger partial charge in [-0.1, -0.05) is 0 Å². The molecule has 0 amide bonds. The lowest BCUT2D eigenvalue weighted by molar-refractivity contribution is -0.140. The molecule has 2 rings (SSSR count). The van der Waals surface area contributed by atoms with Gasteiger partial charge in [-0.3, -0.25) is 0 Å². The molecule has 0 N–H and O–H groups in total. The molecule has 0 saturated carbocycles. The van der Waals surface area contributed by atoms with Crippen molar-refractivity contribution in [3.05, 3.63) is 12.2 Å². The molecule has 2 saturated heterocycles. The molecule has 6 nitrogen and oxygen atoms in total. The summed E-state index contributed by atoms with van der Waals surface area (Å²) in [4.78, 5) is 27.0. The lowest BCUT2D eigenvalue weighted by Gasteiger charge is -2.31. The van der Waals surface area contributed by atoms with Crippen molar-refractivity contribution in [3.63, 3.8) is 0 Å². The molecule has 0 atom stereocenters. The second-order valence-corrected chi connectivity index (χ2v) is 7.77. The predicted molar refractivity (Wildman–Crippen MR) is 102 cm³/mol. The highest BCUT2D eigenvalue weighted by molar-refractivity contribution is 5.91. The molecule has 172 valence electrons. The van der Waals surface area contributed by atoms with E-state index in [4.69, 9.17) is 9.47 Å². The zero-order valence-electron chi connectivity index (χ0n) is 17.1. The minimum Gasteiger partial charge on any atom is -0.462 e. The number of piperidine rings is 2. The van der Waals surface area contributed by atoms with E-state index in [2.05, 4.69) is 0 Å². The fraction of sp³-hybridized carbons (Fsp3) is 0.800. The first-order valence-corrected chi connectivity index (χ1v) is 10.4. The van der Waals surface area contributed by atoms with E-state index < -0.39 is 23.8 Å². The van der Waals surface area contributed by atoms with Crippen molar-refractivity contribution < 1.29 is 36.6 Å². The molecule has 0 aromatic heterocycles. The molecule has 2 heterocycles. The van der Waals surface area contributed by atoms with Crippen LogP contribution in [0.1, 0.15) is 38.5 Å². The number of ether oxygens (including phenoxy) is 2. The van der Waals surface area contributed by atoms with Crippen LogP contribution in [0.5, 0.6) is 0 Å². The molecule has 0 radical (unpaired) electrons. The van der Waals surface area contributed by atoms with Crippen LogP contribution in [0.15, 0.2) is 12.2 Å². The van der Waals surface area contributed by atoms with E-state index in [-0.39, 0.29) is 38.9 Å². The molecule has 0 spiro atoms. The summed E-state index contributed by atoms with van der Waals surface area (Å²) < 4.78 is 62.2. The number of halogens is 4. The van der Waals surface area contributed by atoms with Gasteiger partial charge in [0.25, 0.3) is 11.8 Å². The summed E-state index contributed by atoms with van der Waals surface area (Å²) in [6.45, 7) is 2.75. The number of rotatable bonds is 10. The van der Waals surface area contributed by atoms with Crippen LogP contribution >= 0.6 is 0 Å². The van der Waals surface area contributed by atoms with E-state index in [9.17, 15) is 27.2 Å². The number of nitrogens with zero attached hydrogens (tertiary/aromatic N) is 2. The topological polar surface area (TPSA) is 59.1 Å². The number of likely N-dealkylation sites (tertiary alicyclic amines) is 2. The Morgan fingerprint density at radius 3 is 1.37 bits per heavy atom. The summed E-state index contributed by atoms with van der Waals surface area (Å²) in [7, 11) is 0. The molecule has 2 aliphatic heterocycles. The summed E-state index contributed by atoms with van der Waals surface area (Å²) in [6.07, 6.45) is 2.43. The first kappa shape index (κ1) is 24.6. The van der Waals surface area contributed by atoms with Gasteiger partial charge >= 0.3 is 11.9 Å². The number of carbonyl (C=O) groups is 2. The fourth-order valence-corrected chi connectivity index (χ4v) is 3.36. The molecular weight excluding hydrogens is 408 g/mol. The Labute approximate surface area is 174 Å². The summed E-state index contributed by atoms with van der Waals surface area (Å²) in [5.41, 5.74) is 0. The largest absolute Gasteiger partial charge is 0.462 e. The van der Waals surface area contributed by atoms with Gasteiger partial charge in [0.1, 0.15) is 0 Å². The first-order chi connectivity index (χ1) is 14.2. The van der Waals surface area contributed by atoms with Crippen LogP contribution < -0.4 is 0 Å². The van der Waals surface area contributed by atoms with Crippen molar-refractivity contribution in [2.75, 3.05) is 52.5 Å². The van der Waals surface area contributed by atoms with E-state index >= 15 is 0 Å². The van der Waals surface area contributed by atoms with Crippen LogP contribution in [0.2, 0.25) is 0 Å². The highest BCUT2D eigenvalue weighted by atomic mass is 19.3. The van der Waals surface area contributed by atoms with Crippen LogP contribution in [0.4, 0.5) is 17.6 Å². The van der Waals surface area contributed by atoms with Crippen LogP contribution in [0.25, 0.3) is 0 Å². The molecule has 0 unspecified atom stereocenters. The quantitative estimate of drug-likeness (QED) is 0.226. The Balaban J connectivity index is 1.47. The number of hydrogen-bond donors (Lipinski definition) is 0. The lowest BCUT2D eigenvalue weighted by Crippen LogP contribution is -2.40. The average molecular weight is 438 g/mol. The monoisotopic (exact) mass is 438 g/mol. The van der Waals surface area contributed by atoms with Crippen molar-refractivity contribution in [1.29, 1.82) is 0 Å². The SMILES string of the molecule is O=C(/C=C/C(=O)OCCCN1CCC(F)(F)CC1)OCCCN1CCC(F)(F)CC1. The van der Waals surface area contributed by atoms with Crippen molar-refractivity contribution in [2.45, 2.75) is 50.4 Å². The van der Waals surface area contributed by atoms with Gasteiger partial charge in [0, 0.05) is 77.1 Å². The molecule has 0 aromatic rings. The first-order valence-electron chi connectivity index (χ1n) is 10.4. The lowest BCUT2D eigenvalue weighted by atomic mass is 10.1. The van der Waals surface area contributed by atoms with Crippen LogP contribution in [-0.2, 0) is 19.1 Å². The van der Waals surface area contributed by atoms with Gasteiger partial charge in [-0.25, -0.2) is 27.2 Å². The van der Waals surface area contributed by atoms with E-state index in [0.29, 0.717) is 52.1 Å². The molecule has 2 aliphatic rings. The third-order valence-corrected chi connectivity index (χ3v) is 5.26. The Bertz CT molecular complexity index is 531. The third kappa shape index (κ3) is 9.88. The molecule has 2 fully saturated rings. The van der Waals surface area contributed by atoms with E-state index in [1.807, 2.05) is 9.80 Å². The zero-order valence-corrected chi connectivity index (χ0v) is 17.1. The molecule has 0 bridgehead atoms. The van der Waals surface area contributed by atoms with E-state index in [0.717, 1.165) is 12.2 Å². The Morgan fingerprint density at radius 2 is 1.03 bits per heavy atom. The van der Waals surface area contributed by atoms with Gasteiger partial charge < -0.3 is 19.3 Å². The number of alkyl halides is 4. The van der Waals surface area contributed by atoms with Crippen LogP contribution in [0.3, 0.4) is 0 Å². The van der Waals surface area contributed by atoms with E-state index in [1.165, 1.54) is 0 Å². The van der Waals surface area contributed by atoms with Gasteiger partial charge in [-0.2, -0.15) is 0 Å². The number of esters is 2. The number of carbonyl (C=O) groups excluding carboxylic acids is 2. The van der Waals surface area contributed by atoms with Gasteiger partial charge in [0.2, 0.25) is 0 Å². The number of hydrogen-bond acceptors (Lipinski definition) is 6. The minimum absolute atomic E-state index is 0.139. The van der Waals surface area contributed by atoms with Crippen molar-refractivity contribution in [3.8, 4) is 0 Å². The van der Waals surface area contributed by atoms with Crippen molar-refractivity contribution in [1.82, 2.24) is 9.80 Å². The molecule has 0 aliphatic carbocycles. The average Bonchev–Trinajstić information content (AvgIpc) is 2.69. The van der Waals surface area contributed by atoms with Gasteiger partial charge in [0.15, 0.2) is 0 Å². The molecule has 0 aromatic carbocycles. The molecular formula is C20H30F4N2O4. The third-order valence-electron chi connectivity index (χ3n) is 5.26. The summed E-state index contributed by atoms with van der Waals surface area (Å²) in [5.74, 6) is -6.50. The highest BCUT2D eigenvalue weighted by Gasteiger charge is 2.34. The smallest absolute Gasteiger partial charge is 0.331 e. The normalized spacial score (nSPS) is 22.1. The Hall–Kier alpha value is -1.68. The van der Waals surface area contributed by atoms with Crippen molar-refractivity contribution >= 4 is 11.9 Å². The maximum Gasteiger partial charge on any atom is 0.331 e. The highest BCUT2D eigenvalue weighted by Crippen LogP contribution is 2.28. The maximum absolute atomic E-state index is 13.1. The Kier molecular flexibility index (Phi) is 9.54. The Morgan fingerprint density at radius 1 is 0.700 bits per heavy atom. The zero-order chi connectivity index (χ0) is 22.0. The fourth-order valence-electron chi connectivity index (χ4n) is 3.36. The van der Waals surface area contributed by atoms with E-state index in [1.54, 1.807) is 0 Å². The predicted octanol–water partition coefficient (Wildman–Crippen LogP) is 2.87. The molecule has 30 heavy (non-hydrogen) atoms. The standard InChI is InChI=1S/C20H30F4N2O4/c21-19(22)5-11-25(12-6-19)9-1-15-29-17(27)3-4-18(28)30-16-2-10-26-13-7-20(23,24)8-14-26/h3-4H,1-2,5-16H2/b4-3+. The summed E-state index contributed by atoms with van der Waals surface area (Å²) in [6, 6.07) is 0. The summed E-state index contributed by atoms with van der Waals surface area (Å²) >= 11 is 0. The van der Waals surface area contributed by atoms with Crippen LogP contribution in [0, 0.1) is 0 Å². The molecule has 10 heteroatoms. The second-order valence-electron chi connectivity index (χ2n) is 7.77. The maximum atomic E-state index is 13.1. The van der Waals surface area contributed by atoms with Gasteiger partial charge in [-0.05, 0) is 12.8 Å². The van der Waals surface area contributed by atoms with Gasteiger partial charge in [0.05, 0.1) is 13.2 Å². The summed E-state index contributed by atoms with van der Waals surface area (Å²) in [5, 5.41) is 0. The van der Waals surface area contributed by atoms with Gasteiger partial charge in [-0.15, -0.1) is 0 Å². The van der Waals surface area contributed by atoms with Crippen molar-refractivity contribution in [2.24, 2.45) is 0 Å². The minimum atomic E-state index is -2.58. The second kappa shape index (κ2) is 11.6.